The Morgan fingerprint density at radius 2 is 2.10 bits per heavy atom. The van der Waals surface area contributed by atoms with Gasteiger partial charge < -0.3 is 10.3 Å². The molecule has 114 valence electrons. The van der Waals surface area contributed by atoms with Gasteiger partial charge in [0.05, 0.1) is 4.90 Å². The molecule has 1 aromatic heterocycles. The average molecular weight is 299 g/mol. The fourth-order valence-electron chi connectivity index (χ4n) is 2.97. The first kappa shape index (κ1) is 15.5. The van der Waals surface area contributed by atoms with Gasteiger partial charge in [-0.3, -0.25) is 0 Å². The lowest BCUT2D eigenvalue weighted by Gasteiger charge is -2.32. The van der Waals surface area contributed by atoms with Gasteiger partial charge in [-0.15, -0.1) is 0 Å². The van der Waals surface area contributed by atoms with E-state index in [-0.39, 0.29) is 6.04 Å². The molecule has 6 heteroatoms. The number of hydrogen-bond acceptors (Lipinski definition) is 3. The van der Waals surface area contributed by atoms with Crippen molar-refractivity contribution < 1.29 is 8.42 Å². The summed E-state index contributed by atoms with van der Waals surface area (Å²) in [6, 6.07) is 1.74. The predicted octanol–water partition coefficient (Wildman–Crippen LogP) is 1.84. The van der Waals surface area contributed by atoms with Crippen molar-refractivity contribution in [2.75, 3.05) is 7.05 Å². The van der Waals surface area contributed by atoms with Crippen LogP contribution in [-0.4, -0.2) is 26.5 Å². The highest BCUT2D eigenvalue weighted by molar-refractivity contribution is 7.89. The zero-order chi connectivity index (χ0) is 14.8. The molecule has 1 heterocycles. The van der Waals surface area contributed by atoms with Crippen LogP contribution in [0, 0.1) is 11.8 Å². The monoisotopic (exact) mass is 299 g/mol. The fourth-order valence-corrected chi connectivity index (χ4v) is 4.37. The molecule has 0 spiro atoms. The lowest BCUT2D eigenvalue weighted by atomic mass is 9.80. The molecule has 0 bridgehead atoms. The first-order valence-corrected chi connectivity index (χ1v) is 8.75. The number of sulfonamides is 1. The highest BCUT2D eigenvalue weighted by Gasteiger charge is 2.29. The number of H-pyrrole nitrogens is 1. The minimum Gasteiger partial charge on any atom is -0.363 e. The van der Waals surface area contributed by atoms with Crippen molar-refractivity contribution in [1.82, 2.24) is 15.0 Å². The highest BCUT2D eigenvalue weighted by Crippen LogP contribution is 2.29. The molecule has 2 rings (SSSR count). The molecule has 3 N–H and O–H groups in total. The Morgan fingerprint density at radius 1 is 1.35 bits per heavy atom. The van der Waals surface area contributed by atoms with Crippen LogP contribution in [0.25, 0.3) is 0 Å². The molecule has 5 nitrogen and oxygen atoms in total. The summed E-state index contributed by atoms with van der Waals surface area (Å²) in [4.78, 5) is 3.31. The van der Waals surface area contributed by atoms with Crippen molar-refractivity contribution in [1.29, 1.82) is 0 Å². The van der Waals surface area contributed by atoms with E-state index in [2.05, 4.69) is 28.9 Å². The van der Waals surface area contributed by atoms with Gasteiger partial charge in [0.1, 0.15) is 0 Å². The van der Waals surface area contributed by atoms with Gasteiger partial charge in [-0.25, -0.2) is 13.1 Å². The van der Waals surface area contributed by atoms with Crippen LogP contribution >= 0.6 is 0 Å². The van der Waals surface area contributed by atoms with E-state index >= 15 is 0 Å². The van der Waals surface area contributed by atoms with Gasteiger partial charge >= 0.3 is 0 Å². The van der Waals surface area contributed by atoms with Gasteiger partial charge in [0, 0.05) is 24.5 Å². The van der Waals surface area contributed by atoms with Crippen LogP contribution in [0.5, 0.6) is 0 Å². The van der Waals surface area contributed by atoms with E-state index in [4.69, 9.17) is 0 Å². The quantitative estimate of drug-likeness (QED) is 0.776. The third-order valence-corrected chi connectivity index (χ3v) is 5.60. The summed E-state index contributed by atoms with van der Waals surface area (Å²) in [7, 11) is -1.59. The lowest BCUT2D eigenvalue weighted by molar-refractivity contribution is 0.249. The van der Waals surface area contributed by atoms with Gasteiger partial charge in [0.2, 0.25) is 10.0 Å². The second kappa shape index (κ2) is 6.28. The summed E-state index contributed by atoms with van der Waals surface area (Å²) in [5.74, 6) is 1.09. The molecule has 0 saturated heterocycles. The summed E-state index contributed by atoms with van der Waals surface area (Å²) in [6.45, 7) is 5.00. The molecule has 1 aliphatic carbocycles. The third-order valence-electron chi connectivity index (χ3n) is 4.13. The second-order valence-electron chi connectivity index (χ2n) is 6.01. The van der Waals surface area contributed by atoms with Crippen molar-refractivity contribution in [3.8, 4) is 0 Å². The molecule has 1 fully saturated rings. The van der Waals surface area contributed by atoms with Crippen LogP contribution in [0.15, 0.2) is 17.2 Å². The Labute approximate surface area is 121 Å². The maximum atomic E-state index is 12.4. The molecule has 0 radical (unpaired) electrons. The first-order chi connectivity index (χ1) is 9.42. The van der Waals surface area contributed by atoms with E-state index in [1.807, 2.05) is 7.05 Å². The molecule has 0 aliphatic heterocycles. The Balaban J connectivity index is 2.06. The van der Waals surface area contributed by atoms with E-state index in [1.165, 1.54) is 0 Å². The molecule has 0 amide bonds. The Bertz CT molecular complexity index is 538. The predicted molar refractivity (Wildman–Crippen MR) is 79.8 cm³/mol. The van der Waals surface area contributed by atoms with Crippen LogP contribution in [0.3, 0.4) is 0 Å². The van der Waals surface area contributed by atoms with E-state index < -0.39 is 10.0 Å². The van der Waals surface area contributed by atoms with Crippen molar-refractivity contribution in [2.45, 2.75) is 50.6 Å². The van der Waals surface area contributed by atoms with E-state index in [0.717, 1.165) is 25.0 Å². The zero-order valence-electron chi connectivity index (χ0n) is 12.4. The molecule has 3 atom stereocenters. The van der Waals surface area contributed by atoms with Crippen LogP contribution in [-0.2, 0) is 16.6 Å². The largest absolute Gasteiger partial charge is 0.363 e. The molecule has 1 aliphatic rings. The SMILES string of the molecule is CNCc1cc(S(=O)(=O)NC2CCC(C)CC2C)c[nH]1. The molecular formula is C14H25N3O2S. The number of aromatic nitrogens is 1. The lowest BCUT2D eigenvalue weighted by Crippen LogP contribution is -2.42. The van der Waals surface area contributed by atoms with E-state index in [0.29, 0.717) is 23.3 Å². The minimum absolute atomic E-state index is 0.0545. The maximum Gasteiger partial charge on any atom is 0.242 e. The Hall–Kier alpha value is -0.850. The van der Waals surface area contributed by atoms with Gasteiger partial charge in [0.15, 0.2) is 0 Å². The Kier molecular flexibility index (Phi) is 4.88. The van der Waals surface area contributed by atoms with Crippen molar-refractivity contribution in [2.24, 2.45) is 11.8 Å². The topological polar surface area (TPSA) is 74.0 Å². The summed E-state index contributed by atoms with van der Waals surface area (Å²) >= 11 is 0. The zero-order valence-corrected chi connectivity index (χ0v) is 13.3. The van der Waals surface area contributed by atoms with E-state index in [1.54, 1.807) is 12.3 Å². The number of aromatic amines is 1. The maximum absolute atomic E-state index is 12.4. The van der Waals surface area contributed by atoms with Crippen molar-refractivity contribution in [3.63, 3.8) is 0 Å². The van der Waals surface area contributed by atoms with Gasteiger partial charge in [-0.1, -0.05) is 13.8 Å². The molecule has 3 unspecified atom stereocenters. The van der Waals surface area contributed by atoms with Gasteiger partial charge in [-0.05, 0) is 44.2 Å². The number of nitrogens with one attached hydrogen (secondary N) is 3. The molecule has 1 saturated carbocycles. The van der Waals surface area contributed by atoms with Crippen LogP contribution in [0.2, 0.25) is 0 Å². The normalized spacial score (nSPS) is 27.6. The number of hydrogen-bond donors (Lipinski definition) is 3. The van der Waals surface area contributed by atoms with E-state index in [9.17, 15) is 8.42 Å². The summed E-state index contributed by atoms with van der Waals surface area (Å²) in [5, 5.41) is 3.00. The van der Waals surface area contributed by atoms with Gasteiger partial charge in [0.25, 0.3) is 0 Å². The average Bonchev–Trinajstić information content (AvgIpc) is 2.83. The van der Waals surface area contributed by atoms with Crippen LogP contribution in [0.4, 0.5) is 0 Å². The highest BCUT2D eigenvalue weighted by atomic mass is 32.2. The second-order valence-corrected chi connectivity index (χ2v) is 7.73. The molecule has 0 aromatic carbocycles. The van der Waals surface area contributed by atoms with Crippen LogP contribution in [0.1, 0.15) is 38.8 Å². The summed E-state index contributed by atoms with van der Waals surface area (Å²) in [6.07, 6.45) is 4.67. The fraction of sp³-hybridized carbons (Fsp3) is 0.714. The summed E-state index contributed by atoms with van der Waals surface area (Å²) in [5.41, 5.74) is 0.873. The standard InChI is InChI=1S/C14H25N3O2S/c1-10-4-5-14(11(2)6-10)17-20(18,19)13-7-12(8-15-3)16-9-13/h7,9-11,14-17H,4-6,8H2,1-3H3. The molecule has 1 aromatic rings. The smallest absolute Gasteiger partial charge is 0.242 e. The number of rotatable bonds is 5. The Morgan fingerprint density at radius 3 is 2.75 bits per heavy atom. The first-order valence-electron chi connectivity index (χ1n) is 7.26. The molecular weight excluding hydrogens is 274 g/mol. The van der Waals surface area contributed by atoms with Crippen molar-refractivity contribution in [3.05, 3.63) is 18.0 Å². The third kappa shape index (κ3) is 3.62. The van der Waals surface area contributed by atoms with Gasteiger partial charge in [-0.2, -0.15) is 0 Å². The van der Waals surface area contributed by atoms with Crippen molar-refractivity contribution >= 4 is 10.0 Å². The van der Waals surface area contributed by atoms with Crippen LogP contribution < -0.4 is 10.0 Å². The summed E-state index contributed by atoms with van der Waals surface area (Å²) < 4.78 is 27.7. The molecule has 20 heavy (non-hydrogen) atoms. The minimum atomic E-state index is -3.42.